The van der Waals surface area contributed by atoms with Crippen LogP contribution >= 0.6 is 0 Å². The van der Waals surface area contributed by atoms with Crippen LogP contribution in [0.2, 0.25) is 0 Å². The van der Waals surface area contributed by atoms with Gasteiger partial charge in [0.2, 0.25) is 5.91 Å². The molecule has 0 bridgehead atoms. The summed E-state index contributed by atoms with van der Waals surface area (Å²) < 4.78 is 7.01. The normalized spacial score (nSPS) is 16.2. The van der Waals surface area contributed by atoms with Gasteiger partial charge in [-0.1, -0.05) is 30.3 Å². The fourth-order valence-electron chi connectivity index (χ4n) is 4.24. The molecule has 1 aromatic carbocycles. The zero-order valence-electron chi connectivity index (χ0n) is 19.1. The molecule has 1 unspecified atom stereocenters. The molecule has 174 valence electrons. The molecular weight excluding hydrogens is 418 g/mol. The van der Waals surface area contributed by atoms with Gasteiger partial charge in [0.05, 0.1) is 12.5 Å². The number of pyridine rings is 1. The van der Waals surface area contributed by atoms with Gasteiger partial charge in [0, 0.05) is 39.0 Å². The van der Waals surface area contributed by atoms with E-state index in [-0.39, 0.29) is 17.4 Å². The number of benzene rings is 1. The molecule has 33 heavy (non-hydrogen) atoms. The molecule has 3 aromatic rings. The summed E-state index contributed by atoms with van der Waals surface area (Å²) in [6, 6.07) is 13.6. The maximum absolute atomic E-state index is 13.5. The number of carbonyl (C=O) groups is 1. The molecule has 8 nitrogen and oxygen atoms in total. The van der Waals surface area contributed by atoms with Crippen molar-refractivity contribution in [3.05, 3.63) is 64.6 Å². The third-order valence-electron chi connectivity index (χ3n) is 5.93. The number of amides is 1. The number of ether oxygens (including phenoxy) is 1. The molecule has 1 saturated heterocycles. The van der Waals surface area contributed by atoms with Gasteiger partial charge in [-0.2, -0.15) is 0 Å². The number of hydrogen-bond donors (Lipinski definition) is 1. The van der Waals surface area contributed by atoms with E-state index in [0.717, 1.165) is 24.8 Å². The van der Waals surface area contributed by atoms with Crippen molar-refractivity contribution in [2.75, 3.05) is 37.7 Å². The molecule has 1 amide bonds. The number of rotatable bonds is 9. The molecule has 1 atom stereocenters. The Morgan fingerprint density at radius 3 is 2.88 bits per heavy atom. The second-order valence-electron chi connectivity index (χ2n) is 8.29. The van der Waals surface area contributed by atoms with Crippen molar-refractivity contribution in [1.82, 2.24) is 19.9 Å². The molecule has 8 heteroatoms. The van der Waals surface area contributed by atoms with E-state index in [0.29, 0.717) is 56.4 Å². The molecule has 0 spiro atoms. The summed E-state index contributed by atoms with van der Waals surface area (Å²) in [5.41, 5.74) is 2.08. The third kappa shape index (κ3) is 5.57. The lowest BCUT2D eigenvalue weighted by Crippen LogP contribution is -2.46. The van der Waals surface area contributed by atoms with E-state index in [9.17, 15) is 9.59 Å². The van der Waals surface area contributed by atoms with Crippen molar-refractivity contribution >= 4 is 22.9 Å². The number of hydrogen-bond acceptors (Lipinski definition) is 6. The van der Waals surface area contributed by atoms with Crippen molar-refractivity contribution < 1.29 is 9.53 Å². The van der Waals surface area contributed by atoms with Crippen LogP contribution in [-0.2, 0) is 16.1 Å². The molecule has 1 fully saturated rings. The van der Waals surface area contributed by atoms with Gasteiger partial charge in [-0.25, -0.2) is 9.97 Å². The first-order chi connectivity index (χ1) is 16.2. The molecule has 4 rings (SSSR count). The van der Waals surface area contributed by atoms with E-state index in [1.807, 2.05) is 54.3 Å². The SMILES string of the molecule is CCOCCCNC(=O)C1CCCN(c2nc3cccnc3n(Cc3ccccc3)c2=O)C1. The maximum Gasteiger partial charge on any atom is 0.295 e. The first-order valence-electron chi connectivity index (χ1n) is 11.7. The van der Waals surface area contributed by atoms with Crippen LogP contribution < -0.4 is 15.8 Å². The highest BCUT2D eigenvalue weighted by Crippen LogP contribution is 2.22. The van der Waals surface area contributed by atoms with Crippen LogP contribution in [0.1, 0.15) is 31.7 Å². The van der Waals surface area contributed by atoms with E-state index in [4.69, 9.17) is 4.74 Å². The summed E-state index contributed by atoms with van der Waals surface area (Å²) in [7, 11) is 0. The lowest BCUT2D eigenvalue weighted by Gasteiger charge is -2.32. The first kappa shape index (κ1) is 22.9. The highest BCUT2D eigenvalue weighted by atomic mass is 16.5. The Morgan fingerprint density at radius 1 is 1.21 bits per heavy atom. The van der Waals surface area contributed by atoms with E-state index in [1.165, 1.54) is 0 Å². The average Bonchev–Trinajstić information content (AvgIpc) is 2.86. The van der Waals surface area contributed by atoms with Crippen molar-refractivity contribution in [3.63, 3.8) is 0 Å². The molecule has 2 aromatic heterocycles. The van der Waals surface area contributed by atoms with E-state index in [2.05, 4.69) is 15.3 Å². The number of piperidine rings is 1. The minimum absolute atomic E-state index is 0.0308. The second-order valence-corrected chi connectivity index (χ2v) is 8.29. The number of fused-ring (bicyclic) bond motifs is 1. The monoisotopic (exact) mass is 449 g/mol. The zero-order valence-corrected chi connectivity index (χ0v) is 19.1. The van der Waals surface area contributed by atoms with Crippen LogP contribution in [-0.4, -0.2) is 53.3 Å². The van der Waals surface area contributed by atoms with Crippen molar-refractivity contribution in [2.24, 2.45) is 5.92 Å². The number of anilines is 1. The van der Waals surface area contributed by atoms with Crippen LogP contribution in [0, 0.1) is 5.92 Å². The predicted molar refractivity (Wildman–Crippen MR) is 128 cm³/mol. The lowest BCUT2D eigenvalue weighted by atomic mass is 9.97. The zero-order chi connectivity index (χ0) is 23.0. The molecule has 0 aliphatic carbocycles. The molecule has 1 N–H and O–H groups in total. The topological polar surface area (TPSA) is 89.3 Å². The maximum atomic E-state index is 13.5. The molecule has 3 heterocycles. The van der Waals surface area contributed by atoms with Crippen molar-refractivity contribution in [2.45, 2.75) is 32.7 Å². The minimum Gasteiger partial charge on any atom is -0.382 e. The van der Waals surface area contributed by atoms with Crippen LogP contribution in [0.15, 0.2) is 53.5 Å². The fraction of sp³-hybridized carbons (Fsp3) is 0.440. The van der Waals surface area contributed by atoms with E-state index in [1.54, 1.807) is 10.8 Å². The van der Waals surface area contributed by atoms with Gasteiger partial charge in [-0.3, -0.25) is 14.2 Å². The fourth-order valence-corrected chi connectivity index (χ4v) is 4.24. The number of aromatic nitrogens is 3. The Morgan fingerprint density at radius 2 is 2.06 bits per heavy atom. The highest BCUT2D eigenvalue weighted by molar-refractivity contribution is 5.79. The average molecular weight is 450 g/mol. The van der Waals surface area contributed by atoms with Gasteiger partial charge in [0.25, 0.3) is 5.56 Å². The summed E-state index contributed by atoms with van der Waals surface area (Å²) in [4.78, 5) is 37.3. The van der Waals surface area contributed by atoms with E-state index < -0.39 is 0 Å². The molecular formula is C25H31N5O3. The second kappa shape index (κ2) is 11.0. The Labute approximate surface area is 193 Å². The third-order valence-corrected chi connectivity index (χ3v) is 5.93. The standard InChI is InChI=1S/C25H31N5O3/c1-2-33-16-8-14-27-24(31)20-11-7-15-29(18-20)23-25(32)30(17-19-9-4-3-5-10-19)22-21(28-23)12-6-13-26-22/h3-6,9-10,12-13,20H,2,7-8,11,14-18H2,1H3,(H,27,31). The van der Waals surface area contributed by atoms with Crippen LogP contribution in [0.4, 0.5) is 5.82 Å². The first-order valence-corrected chi connectivity index (χ1v) is 11.7. The van der Waals surface area contributed by atoms with Gasteiger partial charge >= 0.3 is 0 Å². The summed E-state index contributed by atoms with van der Waals surface area (Å²) in [6.45, 7) is 5.48. The van der Waals surface area contributed by atoms with Gasteiger partial charge in [-0.15, -0.1) is 0 Å². The quantitative estimate of drug-likeness (QED) is 0.505. The summed E-state index contributed by atoms with van der Waals surface area (Å²) in [6.07, 6.45) is 4.11. The van der Waals surface area contributed by atoms with Gasteiger partial charge in [0.1, 0.15) is 5.52 Å². The summed E-state index contributed by atoms with van der Waals surface area (Å²) in [5, 5.41) is 3.01. The predicted octanol–water partition coefficient (Wildman–Crippen LogP) is 2.60. The molecule has 0 saturated carbocycles. The smallest absolute Gasteiger partial charge is 0.295 e. The summed E-state index contributed by atoms with van der Waals surface area (Å²) >= 11 is 0. The van der Waals surface area contributed by atoms with Gasteiger partial charge in [0.15, 0.2) is 11.5 Å². The van der Waals surface area contributed by atoms with Crippen LogP contribution in [0.25, 0.3) is 11.2 Å². The molecule has 0 radical (unpaired) electrons. The van der Waals surface area contributed by atoms with Crippen LogP contribution in [0.3, 0.4) is 0 Å². The number of nitrogens with one attached hydrogen (secondary N) is 1. The largest absolute Gasteiger partial charge is 0.382 e. The summed E-state index contributed by atoms with van der Waals surface area (Å²) in [5.74, 6) is 0.253. The Balaban J connectivity index is 1.55. The van der Waals surface area contributed by atoms with Gasteiger partial charge in [-0.05, 0) is 43.9 Å². The Hall–Kier alpha value is -3.26. The minimum atomic E-state index is -0.178. The van der Waals surface area contributed by atoms with E-state index >= 15 is 0 Å². The molecule has 1 aliphatic heterocycles. The van der Waals surface area contributed by atoms with Gasteiger partial charge < -0.3 is 15.0 Å². The Kier molecular flexibility index (Phi) is 7.67. The highest BCUT2D eigenvalue weighted by Gasteiger charge is 2.28. The number of carbonyl (C=O) groups excluding carboxylic acids is 1. The number of nitrogens with zero attached hydrogens (tertiary/aromatic N) is 4. The van der Waals surface area contributed by atoms with Crippen LogP contribution in [0.5, 0.6) is 0 Å². The molecule has 1 aliphatic rings. The lowest BCUT2D eigenvalue weighted by molar-refractivity contribution is -0.125. The Bertz CT molecular complexity index is 1130. The van der Waals surface area contributed by atoms with Crippen molar-refractivity contribution in [1.29, 1.82) is 0 Å². The van der Waals surface area contributed by atoms with Crippen molar-refractivity contribution in [3.8, 4) is 0 Å².